The first-order chi connectivity index (χ1) is 5.25. The van der Waals surface area contributed by atoms with Crippen LogP contribution < -0.4 is 0 Å². The van der Waals surface area contributed by atoms with Gasteiger partial charge in [-0.3, -0.25) is 0 Å². The van der Waals surface area contributed by atoms with Crippen LogP contribution in [-0.4, -0.2) is 6.18 Å². The van der Waals surface area contributed by atoms with Gasteiger partial charge in [-0.15, -0.1) is 0 Å². The highest BCUT2D eigenvalue weighted by Gasteiger charge is 2.33. The molecular weight excluding hydrogens is 189 g/mol. The Morgan fingerprint density at radius 2 is 1.75 bits per heavy atom. The van der Waals surface area contributed by atoms with Gasteiger partial charge in [0.1, 0.15) is 0 Å². The number of halogens is 4. The lowest BCUT2D eigenvalue weighted by Gasteiger charge is -2.08. The van der Waals surface area contributed by atoms with Crippen LogP contribution in [0.5, 0.6) is 0 Å². The van der Waals surface area contributed by atoms with Crippen LogP contribution in [0, 0.1) is 0 Å². The normalized spacial score (nSPS) is 12.9. The summed E-state index contributed by atoms with van der Waals surface area (Å²) < 4.78 is 35.7. The van der Waals surface area contributed by atoms with Crippen molar-refractivity contribution in [1.82, 2.24) is 0 Å². The number of hydrogen-bond acceptors (Lipinski definition) is 0. The van der Waals surface area contributed by atoms with Crippen molar-refractivity contribution in [3.8, 4) is 0 Å². The summed E-state index contributed by atoms with van der Waals surface area (Å²) in [7, 11) is 0. The SMILES string of the molecule is C=C(C)/C=C(/Cl)C(=C)C(F)(F)F. The second-order valence-corrected chi connectivity index (χ2v) is 2.72. The Bertz CT molecular complexity index is 235. The van der Waals surface area contributed by atoms with Gasteiger partial charge >= 0.3 is 6.18 Å². The summed E-state index contributed by atoms with van der Waals surface area (Å²) in [5.41, 5.74) is -0.599. The van der Waals surface area contributed by atoms with E-state index in [2.05, 4.69) is 13.2 Å². The van der Waals surface area contributed by atoms with Gasteiger partial charge in [0, 0.05) is 0 Å². The first-order valence-corrected chi connectivity index (χ1v) is 3.42. The molecule has 12 heavy (non-hydrogen) atoms. The highest BCUT2D eigenvalue weighted by molar-refractivity contribution is 6.32. The monoisotopic (exact) mass is 196 g/mol. The first-order valence-electron chi connectivity index (χ1n) is 3.04. The molecule has 68 valence electrons. The van der Waals surface area contributed by atoms with E-state index in [1.165, 1.54) is 0 Å². The molecule has 0 saturated heterocycles. The third-order valence-corrected chi connectivity index (χ3v) is 1.34. The molecule has 0 rings (SSSR count). The Morgan fingerprint density at radius 3 is 2.00 bits per heavy atom. The molecule has 0 spiro atoms. The maximum Gasteiger partial charge on any atom is 0.417 e. The summed E-state index contributed by atoms with van der Waals surface area (Å²) in [6.45, 7) is 7.75. The Kier molecular flexibility index (Phi) is 3.58. The number of hydrogen-bond donors (Lipinski definition) is 0. The lowest BCUT2D eigenvalue weighted by molar-refractivity contribution is -0.0882. The Hall–Kier alpha value is -0.700. The largest absolute Gasteiger partial charge is 0.417 e. The van der Waals surface area contributed by atoms with Gasteiger partial charge in [0.25, 0.3) is 0 Å². The van der Waals surface area contributed by atoms with E-state index in [0.717, 1.165) is 6.08 Å². The molecule has 0 fully saturated rings. The maximum atomic E-state index is 11.9. The van der Waals surface area contributed by atoms with Gasteiger partial charge in [-0.2, -0.15) is 13.2 Å². The summed E-state index contributed by atoms with van der Waals surface area (Å²) >= 11 is 5.29. The van der Waals surface area contributed by atoms with E-state index in [1.807, 2.05) is 0 Å². The molecule has 0 bridgehead atoms. The van der Waals surface area contributed by atoms with Crippen molar-refractivity contribution < 1.29 is 13.2 Å². The minimum Gasteiger partial charge on any atom is -0.166 e. The van der Waals surface area contributed by atoms with Crippen molar-refractivity contribution in [2.24, 2.45) is 0 Å². The maximum absolute atomic E-state index is 11.9. The van der Waals surface area contributed by atoms with Crippen molar-refractivity contribution >= 4 is 11.6 Å². The van der Waals surface area contributed by atoms with E-state index in [0.29, 0.717) is 5.57 Å². The molecule has 0 nitrogen and oxygen atoms in total. The predicted octanol–water partition coefficient (Wildman–Crippen LogP) is 3.80. The van der Waals surface area contributed by atoms with Gasteiger partial charge in [-0.05, 0) is 13.0 Å². The van der Waals surface area contributed by atoms with Gasteiger partial charge < -0.3 is 0 Å². The number of alkyl halides is 3. The Morgan fingerprint density at radius 1 is 1.33 bits per heavy atom. The quantitative estimate of drug-likeness (QED) is 0.590. The summed E-state index contributed by atoms with van der Waals surface area (Å²) in [5, 5.41) is -0.421. The average Bonchev–Trinajstić information content (AvgIpc) is 1.82. The predicted molar refractivity (Wildman–Crippen MR) is 43.9 cm³/mol. The van der Waals surface area contributed by atoms with E-state index in [-0.39, 0.29) is 0 Å². The summed E-state index contributed by atoms with van der Waals surface area (Å²) in [5.74, 6) is 0. The number of allylic oxidation sites excluding steroid dienone is 4. The van der Waals surface area contributed by atoms with E-state index in [9.17, 15) is 13.2 Å². The molecule has 0 heterocycles. The van der Waals surface area contributed by atoms with Crippen LogP contribution in [0.3, 0.4) is 0 Å². The van der Waals surface area contributed by atoms with Gasteiger partial charge in [0.2, 0.25) is 0 Å². The molecule has 0 atom stereocenters. The van der Waals surface area contributed by atoms with Crippen molar-refractivity contribution in [2.75, 3.05) is 0 Å². The first kappa shape index (κ1) is 11.3. The topological polar surface area (TPSA) is 0 Å². The third-order valence-electron chi connectivity index (χ3n) is 1.00. The van der Waals surface area contributed by atoms with Crippen LogP contribution in [0.4, 0.5) is 13.2 Å². The van der Waals surface area contributed by atoms with Crippen molar-refractivity contribution in [2.45, 2.75) is 13.1 Å². The highest BCUT2D eigenvalue weighted by Crippen LogP contribution is 2.31. The van der Waals surface area contributed by atoms with Crippen LogP contribution >= 0.6 is 11.6 Å². The van der Waals surface area contributed by atoms with Gasteiger partial charge in [-0.1, -0.05) is 30.3 Å². The van der Waals surface area contributed by atoms with Crippen LogP contribution in [0.25, 0.3) is 0 Å². The zero-order chi connectivity index (χ0) is 9.94. The lowest BCUT2D eigenvalue weighted by Crippen LogP contribution is -2.10. The second-order valence-electron chi connectivity index (χ2n) is 2.31. The Balaban J connectivity index is 4.63. The molecule has 0 unspecified atom stereocenters. The van der Waals surface area contributed by atoms with Crippen LogP contribution in [0.2, 0.25) is 0 Å². The highest BCUT2D eigenvalue weighted by atomic mass is 35.5. The molecule has 0 saturated carbocycles. The Labute approximate surface area is 74.0 Å². The summed E-state index contributed by atoms with van der Waals surface area (Å²) in [4.78, 5) is 0. The fourth-order valence-corrected chi connectivity index (χ4v) is 0.732. The van der Waals surface area contributed by atoms with E-state index < -0.39 is 16.8 Å². The number of rotatable bonds is 2. The molecule has 0 aromatic carbocycles. The van der Waals surface area contributed by atoms with E-state index >= 15 is 0 Å². The zero-order valence-corrected chi connectivity index (χ0v) is 7.26. The minimum absolute atomic E-state index is 0.421. The molecule has 0 aromatic heterocycles. The lowest BCUT2D eigenvalue weighted by atomic mass is 10.2. The molecule has 0 aliphatic rings. The van der Waals surface area contributed by atoms with Gasteiger partial charge in [-0.25, -0.2) is 0 Å². The molecule has 0 aliphatic carbocycles. The average molecular weight is 197 g/mol. The molecule has 0 N–H and O–H groups in total. The zero-order valence-electron chi connectivity index (χ0n) is 6.50. The standard InChI is InChI=1S/C8H8ClF3/c1-5(2)4-7(9)6(3)8(10,11)12/h4H,1,3H2,2H3/b7-4+. The van der Waals surface area contributed by atoms with Crippen molar-refractivity contribution in [3.05, 3.63) is 35.4 Å². The molecule has 4 heteroatoms. The van der Waals surface area contributed by atoms with Gasteiger partial charge in [0.05, 0.1) is 10.6 Å². The fraction of sp³-hybridized carbons (Fsp3) is 0.250. The van der Waals surface area contributed by atoms with E-state index in [1.54, 1.807) is 6.92 Å². The van der Waals surface area contributed by atoms with Gasteiger partial charge in [0.15, 0.2) is 0 Å². The molecule has 0 radical (unpaired) electrons. The molecule has 0 aliphatic heterocycles. The third kappa shape index (κ3) is 3.62. The van der Waals surface area contributed by atoms with Crippen molar-refractivity contribution in [3.63, 3.8) is 0 Å². The fourth-order valence-electron chi connectivity index (χ4n) is 0.439. The van der Waals surface area contributed by atoms with Crippen molar-refractivity contribution in [1.29, 1.82) is 0 Å². The van der Waals surface area contributed by atoms with Crippen LogP contribution in [0.15, 0.2) is 35.4 Å². The van der Waals surface area contributed by atoms with Crippen LogP contribution in [-0.2, 0) is 0 Å². The summed E-state index contributed by atoms with van der Waals surface area (Å²) in [6.07, 6.45) is -3.35. The molecular formula is C8H8ClF3. The molecule has 0 amide bonds. The minimum atomic E-state index is -4.47. The molecule has 0 aromatic rings. The van der Waals surface area contributed by atoms with E-state index in [4.69, 9.17) is 11.6 Å². The summed E-state index contributed by atoms with van der Waals surface area (Å²) in [6, 6.07) is 0. The smallest absolute Gasteiger partial charge is 0.166 e. The van der Waals surface area contributed by atoms with Crippen LogP contribution in [0.1, 0.15) is 6.92 Å². The second kappa shape index (κ2) is 3.81.